The molecule has 1 amide bonds. The van der Waals surface area contributed by atoms with Crippen molar-refractivity contribution in [3.8, 4) is 0 Å². The van der Waals surface area contributed by atoms with E-state index in [-0.39, 0.29) is 5.91 Å². The van der Waals surface area contributed by atoms with Gasteiger partial charge in [0.2, 0.25) is 5.91 Å². The van der Waals surface area contributed by atoms with Crippen molar-refractivity contribution in [3.63, 3.8) is 0 Å². The summed E-state index contributed by atoms with van der Waals surface area (Å²) in [5.74, 6) is -0.291. The third-order valence-corrected chi connectivity index (χ3v) is 4.19. The molecule has 0 bridgehead atoms. The van der Waals surface area contributed by atoms with E-state index >= 15 is 0 Å². The summed E-state index contributed by atoms with van der Waals surface area (Å²) in [5, 5.41) is 9.47. The van der Waals surface area contributed by atoms with Crippen LogP contribution in [-0.4, -0.2) is 47.9 Å². The Morgan fingerprint density at radius 1 is 1.43 bits per heavy atom. The Hall–Kier alpha value is -2.64. The van der Waals surface area contributed by atoms with Crippen LogP contribution in [0.15, 0.2) is 18.7 Å². The highest BCUT2D eigenvalue weighted by atomic mass is 16.4. The van der Waals surface area contributed by atoms with E-state index in [1.807, 2.05) is 17.7 Å². The molecule has 3 heterocycles. The topological polar surface area (TPSA) is 104 Å². The highest BCUT2D eigenvalue weighted by Crippen LogP contribution is 2.28. The van der Waals surface area contributed by atoms with Crippen LogP contribution in [0.5, 0.6) is 0 Å². The van der Waals surface area contributed by atoms with E-state index in [0.29, 0.717) is 38.0 Å². The number of carboxylic acids is 1. The van der Waals surface area contributed by atoms with Crippen LogP contribution in [0, 0.1) is 6.92 Å². The van der Waals surface area contributed by atoms with Gasteiger partial charge in [-0.2, -0.15) is 0 Å². The fourth-order valence-corrected chi connectivity index (χ4v) is 2.98. The molecule has 2 N–H and O–H groups in total. The SMILES string of the molecule is Cc1nccn1CCCC(=O)N1CCc2[nH]cnc2C1C(=O)O. The van der Waals surface area contributed by atoms with Gasteiger partial charge in [-0.3, -0.25) is 4.79 Å². The molecule has 8 heteroatoms. The minimum absolute atomic E-state index is 0.149. The number of aliphatic carboxylic acids is 1. The van der Waals surface area contributed by atoms with E-state index < -0.39 is 12.0 Å². The number of carbonyl (C=O) groups excluding carboxylic acids is 1. The van der Waals surface area contributed by atoms with Crippen LogP contribution in [0.2, 0.25) is 0 Å². The summed E-state index contributed by atoms with van der Waals surface area (Å²) in [6.07, 6.45) is 6.63. The summed E-state index contributed by atoms with van der Waals surface area (Å²) >= 11 is 0. The van der Waals surface area contributed by atoms with E-state index in [4.69, 9.17) is 0 Å². The van der Waals surface area contributed by atoms with Crippen LogP contribution in [0.4, 0.5) is 0 Å². The monoisotopic (exact) mass is 317 g/mol. The number of carbonyl (C=O) groups is 2. The average molecular weight is 317 g/mol. The molecule has 3 rings (SSSR count). The molecule has 0 saturated carbocycles. The van der Waals surface area contributed by atoms with Crippen molar-refractivity contribution in [2.24, 2.45) is 0 Å². The summed E-state index contributed by atoms with van der Waals surface area (Å²) in [5.41, 5.74) is 1.25. The van der Waals surface area contributed by atoms with Crippen LogP contribution in [0.1, 0.15) is 36.1 Å². The zero-order valence-electron chi connectivity index (χ0n) is 12.9. The van der Waals surface area contributed by atoms with Gasteiger partial charge in [0.25, 0.3) is 0 Å². The minimum atomic E-state index is -1.04. The Kier molecular flexibility index (Phi) is 4.14. The number of aryl methyl sites for hydroxylation is 2. The van der Waals surface area contributed by atoms with Gasteiger partial charge < -0.3 is 19.6 Å². The first kappa shape index (κ1) is 15.3. The Bertz CT molecular complexity index is 720. The predicted octanol–water partition coefficient (Wildman–Crippen LogP) is 0.905. The maximum absolute atomic E-state index is 12.5. The number of amides is 1. The second kappa shape index (κ2) is 6.23. The molecule has 1 aliphatic heterocycles. The number of fused-ring (bicyclic) bond motifs is 1. The summed E-state index contributed by atoms with van der Waals surface area (Å²) in [6, 6.07) is -0.993. The van der Waals surface area contributed by atoms with Gasteiger partial charge >= 0.3 is 5.97 Å². The zero-order valence-corrected chi connectivity index (χ0v) is 12.9. The highest BCUT2D eigenvalue weighted by molar-refractivity contribution is 5.85. The third kappa shape index (κ3) is 2.96. The van der Waals surface area contributed by atoms with E-state index in [2.05, 4.69) is 15.0 Å². The van der Waals surface area contributed by atoms with Crippen molar-refractivity contribution >= 4 is 11.9 Å². The molecule has 2 aromatic heterocycles. The molecule has 0 saturated heterocycles. The number of nitrogens with one attached hydrogen (secondary N) is 1. The maximum Gasteiger partial charge on any atom is 0.332 e. The molecule has 1 unspecified atom stereocenters. The lowest BCUT2D eigenvalue weighted by Crippen LogP contribution is -2.43. The lowest BCUT2D eigenvalue weighted by atomic mass is 10.0. The number of aromatic amines is 1. The largest absolute Gasteiger partial charge is 0.479 e. The average Bonchev–Trinajstić information content (AvgIpc) is 3.14. The lowest BCUT2D eigenvalue weighted by molar-refractivity contribution is -0.151. The van der Waals surface area contributed by atoms with Crippen molar-refractivity contribution in [3.05, 3.63) is 35.9 Å². The number of H-pyrrole nitrogens is 1. The fraction of sp³-hybridized carbons (Fsp3) is 0.467. The van der Waals surface area contributed by atoms with Gasteiger partial charge in [-0.15, -0.1) is 0 Å². The molecule has 0 fully saturated rings. The molecule has 23 heavy (non-hydrogen) atoms. The molecule has 0 radical (unpaired) electrons. The van der Waals surface area contributed by atoms with Gasteiger partial charge in [0.15, 0.2) is 6.04 Å². The van der Waals surface area contributed by atoms with Gasteiger partial charge in [-0.05, 0) is 13.3 Å². The van der Waals surface area contributed by atoms with E-state index in [1.54, 1.807) is 6.20 Å². The fourth-order valence-electron chi connectivity index (χ4n) is 2.98. The van der Waals surface area contributed by atoms with Gasteiger partial charge in [-0.1, -0.05) is 0 Å². The lowest BCUT2D eigenvalue weighted by Gasteiger charge is -2.32. The Balaban J connectivity index is 1.65. The Morgan fingerprint density at radius 2 is 2.26 bits per heavy atom. The summed E-state index contributed by atoms with van der Waals surface area (Å²) in [4.78, 5) is 36.6. The molecule has 122 valence electrons. The van der Waals surface area contributed by atoms with Crippen LogP contribution in [-0.2, 0) is 22.6 Å². The Morgan fingerprint density at radius 3 is 2.96 bits per heavy atom. The summed E-state index contributed by atoms with van der Waals surface area (Å²) in [7, 11) is 0. The standard InChI is InChI=1S/C15H19N5O3/c1-10-16-5-8-19(10)6-2-3-12(21)20-7-4-11-13(18-9-17-11)14(20)15(22)23/h5,8-9,14H,2-4,6-7H2,1H3,(H,17,18)(H,22,23). The van der Waals surface area contributed by atoms with Gasteiger partial charge in [-0.25, -0.2) is 14.8 Å². The van der Waals surface area contributed by atoms with E-state index in [1.165, 1.54) is 11.2 Å². The Labute approximate surface area is 133 Å². The molecule has 0 aliphatic carbocycles. The summed E-state index contributed by atoms with van der Waals surface area (Å²) in [6.45, 7) is 3.00. The molecular weight excluding hydrogens is 298 g/mol. The second-order valence-electron chi connectivity index (χ2n) is 5.62. The first-order chi connectivity index (χ1) is 11.1. The zero-order chi connectivity index (χ0) is 16.4. The number of rotatable bonds is 5. The van der Waals surface area contributed by atoms with Crippen LogP contribution in [0.3, 0.4) is 0 Å². The quantitative estimate of drug-likeness (QED) is 0.853. The van der Waals surface area contributed by atoms with E-state index in [9.17, 15) is 14.7 Å². The van der Waals surface area contributed by atoms with Crippen molar-refractivity contribution in [1.29, 1.82) is 0 Å². The molecule has 1 atom stereocenters. The van der Waals surface area contributed by atoms with Gasteiger partial charge in [0.05, 0.1) is 12.0 Å². The number of carboxylic acid groups (broad SMARTS) is 1. The smallest absolute Gasteiger partial charge is 0.332 e. The molecule has 8 nitrogen and oxygen atoms in total. The molecule has 0 spiro atoms. The number of hydrogen-bond acceptors (Lipinski definition) is 4. The molecule has 1 aliphatic rings. The van der Waals surface area contributed by atoms with Crippen molar-refractivity contribution < 1.29 is 14.7 Å². The van der Waals surface area contributed by atoms with Crippen molar-refractivity contribution in [2.45, 2.75) is 38.8 Å². The maximum atomic E-state index is 12.5. The van der Waals surface area contributed by atoms with Crippen molar-refractivity contribution in [1.82, 2.24) is 24.4 Å². The predicted molar refractivity (Wildman–Crippen MR) is 80.6 cm³/mol. The molecule has 0 aromatic carbocycles. The van der Waals surface area contributed by atoms with Crippen LogP contribution >= 0.6 is 0 Å². The van der Waals surface area contributed by atoms with E-state index in [0.717, 1.165) is 11.5 Å². The number of aromatic nitrogens is 4. The van der Waals surface area contributed by atoms with Crippen LogP contribution in [0.25, 0.3) is 0 Å². The normalized spacial score (nSPS) is 17.1. The second-order valence-corrected chi connectivity index (χ2v) is 5.62. The minimum Gasteiger partial charge on any atom is -0.479 e. The first-order valence-electron chi connectivity index (χ1n) is 7.60. The van der Waals surface area contributed by atoms with Crippen LogP contribution < -0.4 is 0 Å². The molecule has 2 aromatic rings. The highest BCUT2D eigenvalue weighted by Gasteiger charge is 2.37. The van der Waals surface area contributed by atoms with Crippen molar-refractivity contribution in [2.75, 3.05) is 6.54 Å². The number of hydrogen-bond donors (Lipinski definition) is 2. The number of nitrogens with zero attached hydrogens (tertiary/aromatic N) is 4. The van der Waals surface area contributed by atoms with Gasteiger partial charge in [0, 0.05) is 44.0 Å². The van der Waals surface area contributed by atoms with Gasteiger partial charge in [0.1, 0.15) is 5.82 Å². The third-order valence-electron chi connectivity index (χ3n) is 4.19. The first-order valence-corrected chi connectivity index (χ1v) is 7.60. The number of imidazole rings is 2. The summed E-state index contributed by atoms with van der Waals surface area (Å²) < 4.78 is 1.98. The molecular formula is C15H19N5O3.